The van der Waals surface area contributed by atoms with Crippen LogP contribution in [0.5, 0.6) is 0 Å². The maximum absolute atomic E-state index is 4.04. The molecule has 0 radical (unpaired) electrons. The van der Waals surface area contributed by atoms with Crippen LogP contribution in [0.15, 0.2) is 30.3 Å². The number of anilines is 1. The van der Waals surface area contributed by atoms with Crippen LogP contribution in [0.1, 0.15) is 27.7 Å². The molecule has 0 saturated carbocycles. The van der Waals surface area contributed by atoms with Gasteiger partial charge in [0.05, 0.1) is 5.69 Å². The molecular weight excluding hydrogens is 238 g/mol. The molecule has 2 rings (SSSR count). The van der Waals surface area contributed by atoms with E-state index < -0.39 is 0 Å². The number of benzene rings is 1. The Morgan fingerprint density at radius 2 is 1.89 bits per heavy atom. The largest absolute Gasteiger partial charge is 0.352 e. The van der Waals surface area contributed by atoms with Crippen molar-refractivity contribution in [3.63, 3.8) is 0 Å². The van der Waals surface area contributed by atoms with Gasteiger partial charge in [0.2, 0.25) is 5.95 Å². The van der Waals surface area contributed by atoms with Gasteiger partial charge in [-0.1, -0.05) is 51.0 Å². The predicted molar refractivity (Wildman–Crippen MR) is 76.3 cm³/mol. The van der Waals surface area contributed by atoms with Crippen molar-refractivity contribution in [1.82, 2.24) is 20.2 Å². The molecule has 5 heteroatoms. The lowest BCUT2D eigenvalue weighted by atomic mass is 9.82. The van der Waals surface area contributed by atoms with Gasteiger partial charge < -0.3 is 5.32 Å². The van der Waals surface area contributed by atoms with E-state index in [4.69, 9.17) is 0 Å². The van der Waals surface area contributed by atoms with E-state index >= 15 is 0 Å². The number of tetrazole rings is 1. The second-order valence-corrected chi connectivity index (χ2v) is 5.90. The summed E-state index contributed by atoms with van der Waals surface area (Å²) in [4.78, 5) is 0. The first-order valence-corrected chi connectivity index (χ1v) is 6.56. The van der Waals surface area contributed by atoms with Crippen LogP contribution in [0, 0.1) is 11.3 Å². The van der Waals surface area contributed by atoms with Crippen LogP contribution in [-0.2, 0) is 0 Å². The monoisotopic (exact) mass is 259 g/mol. The van der Waals surface area contributed by atoms with Crippen molar-refractivity contribution >= 4 is 5.95 Å². The van der Waals surface area contributed by atoms with E-state index in [0.29, 0.717) is 11.9 Å². The van der Waals surface area contributed by atoms with E-state index in [1.807, 2.05) is 30.3 Å². The van der Waals surface area contributed by atoms with Crippen molar-refractivity contribution in [2.75, 3.05) is 11.9 Å². The van der Waals surface area contributed by atoms with E-state index in [0.717, 1.165) is 12.2 Å². The molecule has 0 fully saturated rings. The molecule has 0 amide bonds. The third-order valence-electron chi connectivity index (χ3n) is 3.52. The Kier molecular flexibility index (Phi) is 3.83. The Bertz CT molecular complexity index is 512. The highest BCUT2D eigenvalue weighted by molar-refractivity contribution is 5.38. The SMILES string of the molecule is CC(CNc1nnnn1-c1ccccc1)C(C)(C)C. The van der Waals surface area contributed by atoms with E-state index in [2.05, 4.69) is 48.5 Å². The third-order valence-corrected chi connectivity index (χ3v) is 3.52. The van der Waals surface area contributed by atoms with E-state index in [-0.39, 0.29) is 5.41 Å². The molecule has 1 aromatic heterocycles. The van der Waals surface area contributed by atoms with Crippen LogP contribution in [0.3, 0.4) is 0 Å². The number of hydrogen-bond acceptors (Lipinski definition) is 4. The van der Waals surface area contributed by atoms with Gasteiger partial charge in [-0.3, -0.25) is 0 Å². The fraction of sp³-hybridized carbons (Fsp3) is 0.500. The van der Waals surface area contributed by atoms with Gasteiger partial charge in [0.15, 0.2) is 0 Å². The van der Waals surface area contributed by atoms with Gasteiger partial charge in [-0.25, -0.2) is 0 Å². The smallest absolute Gasteiger partial charge is 0.247 e. The molecule has 0 bridgehead atoms. The summed E-state index contributed by atoms with van der Waals surface area (Å²) in [6.07, 6.45) is 0. The fourth-order valence-electron chi connectivity index (χ4n) is 1.59. The number of hydrogen-bond donors (Lipinski definition) is 1. The summed E-state index contributed by atoms with van der Waals surface area (Å²) in [5.41, 5.74) is 1.22. The van der Waals surface area contributed by atoms with Crippen molar-refractivity contribution in [3.8, 4) is 5.69 Å². The van der Waals surface area contributed by atoms with Crippen molar-refractivity contribution in [2.45, 2.75) is 27.7 Å². The van der Waals surface area contributed by atoms with E-state index in [1.54, 1.807) is 4.68 Å². The number of rotatable bonds is 4. The maximum atomic E-state index is 4.04. The molecule has 0 saturated heterocycles. The van der Waals surface area contributed by atoms with Crippen LogP contribution in [0.2, 0.25) is 0 Å². The van der Waals surface area contributed by atoms with Gasteiger partial charge in [0.25, 0.3) is 0 Å². The zero-order valence-electron chi connectivity index (χ0n) is 12.0. The normalized spacial score (nSPS) is 13.3. The molecule has 19 heavy (non-hydrogen) atoms. The molecule has 1 atom stereocenters. The summed E-state index contributed by atoms with van der Waals surface area (Å²) < 4.78 is 1.72. The highest BCUT2D eigenvalue weighted by Crippen LogP contribution is 2.25. The summed E-state index contributed by atoms with van der Waals surface area (Å²) in [7, 11) is 0. The van der Waals surface area contributed by atoms with Gasteiger partial charge >= 0.3 is 0 Å². The van der Waals surface area contributed by atoms with Gasteiger partial charge in [-0.2, -0.15) is 4.68 Å². The molecule has 102 valence electrons. The Morgan fingerprint density at radius 3 is 2.53 bits per heavy atom. The Hall–Kier alpha value is -1.91. The minimum Gasteiger partial charge on any atom is -0.352 e. The zero-order chi connectivity index (χ0) is 13.9. The second-order valence-electron chi connectivity index (χ2n) is 5.90. The molecule has 0 aliphatic carbocycles. The number of para-hydroxylation sites is 1. The van der Waals surface area contributed by atoms with Crippen LogP contribution in [-0.4, -0.2) is 26.8 Å². The van der Waals surface area contributed by atoms with Crippen molar-refractivity contribution < 1.29 is 0 Å². The van der Waals surface area contributed by atoms with Gasteiger partial charge in [0.1, 0.15) is 0 Å². The average molecular weight is 259 g/mol. The first kappa shape index (κ1) is 13.5. The molecule has 1 N–H and O–H groups in total. The summed E-state index contributed by atoms with van der Waals surface area (Å²) in [6.45, 7) is 9.78. The molecule has 0 aliphatic heterocycles. The summed E-state index contributed by atoms with van der Waals surface area (Å²) in [5.74, 6) is 1.20. The van der Waals surface area contributed by atoms with Crippen molar-refractivity contribution in [3.05, 3.63) is 30.3 Å². The van der Waals surface area contributed by atoms with Crippen LogP contribution >= 0.6 is 0 Å². The molecule has 1 heterocycles. The van der Waals surface area contributed by atoms with Crippen LogP contribution in [0.4, 0.5) is 5.95 Å². The van der Waals surface area contributed by atoms with Crippen molar-refractivity contribution in [1.29, 1.82) is 0 Å². The highest BCUT2D eigenvalue weighted by atomic mass is 15.6. The Morgan fingerprint density at radius 1 is 1.21 bits per heavy atom. The lowest BCUT2D eigenvalue weighted by Crippen LogP contribution is -2.25. The van der Waals surface area contributed by atoms with E-state index in [1.165, 1.54) is 0 Å². The number of nitrogens with zero attached hydrogens (tertiary/aromatic N) is 4. The minimum absolute atomic E-state index is 0.262. The highest BCUT2D eigenvalue weighted by Gasteiger charge is 2.20. The molecule has 2 aromatic rings. The topological polar surface area (TPSA) is 55.6 Å². The van der Waals surface area contributed by atoms with Gasteiger partial charge in [-0.05, 0) is 33.9 Å². The summed E-state index contributed by atoms with van der Waals surface area (Å²) in [6, 6.07) is 9.88. The maximum Gasteiger partial charge on any atom is 0.247 e. The van der Waals surface area contributed by atoms with Gasteiger partial charge in [0, 0.05) is 6.54 Å². The first-order chi connectivity index (χ1) is 8.98. The molecule has 0 aliphatic rings. The molecule has 1 unspecified atom stereocenters. The predicted octanol–water partition coefficient (Wildman–Crippen LogP) is 2.76. The quantitative estimate of drug-likeness (QED) is 0.917. The van der Waals surface area contributed by atoms with Crippen LogP contribution in [0.25, 0.3) is 5.69 Å². The van der Waals surface area contributed by atoms with Crippen molar-refractivity contribution in [2.24, 2.45) is 11.3 Å². The average Bonchev–Trinajstić information content (AvgIpc) is 2.84. The number of aromatic nitrogens is 4. The van der Waals surface area contributed by atoms with Gasteiger partial charge in [-0.15, -0.1) is 0 Å². The Balaban J connectivity index is 2.09. The summed E-state index contributed by atoms with van der Waals surface area (Å²) >= 11 is 0. The zero-order valence-corrected chi connectivity index (χ0v) is 12.0. The fourth-order valence-corrected chi connectivity index (χ4v) is 1.59. The Labute approximate surface area is 114 Å². The lowest BCUT2D eigenvalue weighted by molar-refractivity contribution is 0.274. The summed E-state index contributed by atoms with van der Waals surface area (Å²) in [5, 5.41) is 15.1. The minimum atomic E-state index is 0.262. The van der Waals surface area contributed by atoms with Crippen LogP contribution < -0.4 is 5.32 Å². The number of nitrogens with one attached hydrogen (secondary N) is 1. The molecule has 0 spiro atoms. The molecule has 5 nitrogen and oxygen atoms in total. The van der Waals surface area contributed by atoms with E-state index in [9.17, 15) is 0 Å². The third kappa shape index (κ3) is 3.30. The molecular formula is C14H21N5. The molecule has 1 aromatic carbocycles. The lowest BCUT2D eigenvalue weighted by Gasteiger charge is -2.27. The first-order valence-electron chi connectivity index (χ1n) is 6.56. The standard InChI is InChI=1S/C14H21N5/c1-11(14(2,3)4)10-15-13-16-17-18-19(13)12-8-6-5-7-9-12/h5-9,11H,10H2,1-4H3,(H,15,16,18). The second kappa shape index (κ2) is 5.38.